The number of hydrogen-bond acceptors (Lipinski definition) is 5. The highest BCUT2D eigenvalue weighted by Crippen LogP contribution is 1.98. The summed E-state index contributed by atoms with van der Waals surface area (Å²) in [7, 11) is 0. The van der Waals surface area contributed by atoms with Gasteiger partial charge in [0.2, 0.25) is 11.8 Å². The van der Waals surface area contributed by atoms with E-state index >= 15 is 0 Å². The first kappa shape index (κ1) is 17.4. The van der Waals surface area contributed by atoms with Crippen LogP contribution in [0.15, 0.2) is 0 Å². The van der Waals surface area contributed by atoms with Gasteiger partial charge in [-0.1, -0.05) is 0 Å². The summed E-state index contributed by atoms with van der Waals surface area (Å²) in [5, 5.41) is 29.7. The van der Waals surface area contributed by atoms with Crippen molar-refractivity contribution in [2.24, 2.45) is 0 Å². The number of carbonyl (C=O) groups is 5. The summed E-state index contributed by atoms with van der Waals surface area (Å²) in [6.45, 7) is 1.05. The van der Waals surface area contributed by atoms with Crippen LogP contribution in [0.5, 0.6) is 0 Å². The van der Waals surface area contributed by atoms with Gasteiger partial charge in [0.25, 0.3) is 0 Å². The molecule has 0 heterocycles. The highest BCUT2D eigenvalue weighted by Gasteiger charge is 2.28. The van der Waals surface area contributed by atoms with Gasteiger partial charge in [0, 0.05) is 6.92 Å². The molecule has 0 aromatic rings. The van der Waals surface area contributed by atoms with Crippen LogP contribution >= 0.6 is 0 Å². The van der Waals surface area contributed by atoms with Crippen molar-refractivity contribution in [3.8, 4) is 0 Å². The average molecular weight is 290 g/mol. The number of nitrogens with one attached hydrogen (secondary N) is 2. The average Bonchev–Trinajstić information content (AvgIpc) is 2.24. The second-order valence-corrected chi connectivity index (χ2v) is 3.85. The van der Waals surface area contributed by atoms with E-state index in [0.717, 1.165) is 6.92 Å². The Morgan fingerprint density at radius 1 is 0.850 bits per heavy atom. The Labute approximate surface area is 112 Å². The maximum Gasteiger partial charge on any atom is 0.326 e. The van der Waals surface area contributed by atoms with E-state index in [1.165, 1.54) is 0 Å². The zero-order valence-corrected chi connectivity index (χ0v) is 10.5. The largest absolute Gasteiger partial charge is 0.481 e. The van der Waals surface area contributed by atoms with Crippen molar-refractivity contribution >= 4 is 29.7 Å². The second kappa shape index (κ2) is 7.71. The van der Waals surface area contributed by atoms with Crippen LogP contribution in [0.3, 0.4) is 0 Å². The standard InChI is InChI=1S/C10H14N2O8/c1-4(13)11-5(2-7(14)15)9(18)12-6(10(19)20)3-8(16)17/h5-6H,2-3H2,1H3,(H,11,13)(H,12,18)(H,14,15)(H,16,17)(H,19,20)/t5-,6-/m0/s1. The lowest BCUT2D eigenvalue weighted by molar-refractivity contribution is -0.148. The molecule has 0 aromatic carbocycles. The third kappa shape index (κ3) is 6.93. The zero-order chi connectivity index (χ0) is 15.9. The predicted octanol–water partition coefficient (Wildman–Crippen LogP) is -1.99. The maximum absolute atomic E-state index is 11.7. The molecule has 0 aliphatic heterocycles. The number of amides is 2. The molecular formula is C10H14N2O8. The van der Waals surface area contributed by atoms with Crippen LogP contribution in [0.4, 0.5) is 0 Å². The molecule has 0 aliphatic carbocycles. The van der Waals surface area contributed by atoms with Gasteiger partial charge in [0.15, 0.2) is 0 Å². The van der Waals surface area contributed by atoms with E-state index in [1.54, 1.807) is 0 Å². The molecule has 0 saturated heterocycles. The molecule has 5 N–H and O–H groups in total. The van der Waals surface area contributed by atoms with E-state index in [0.29, 0.717) is 0 Å². The minimum atomic E-state index is -1.72. The van der Waals surface area contributed by atoms with Gasteiger partial charge < -0.3 is 26.0 Å². The molecule has 10 nitrogen and oxygen atoms in total. The first-order valence-electron chi connectivity index (χ1n) is 5.37. The van der Waals surface area contributed by atoms with E-state index in [4.69, 9.17) is 15.3 Å². The molecule has 0 aromatic heterocycles. The van der Waals surface area contributed by atoms with Crippen LogP contribution in [-0.4, -0.2) is 57.1 Å². The van der Waals surface area contributed by atoms with Gasteiger partial charge in [-0.15, -0.1) is 0 Å². The van der Waals surface area contributed by atoms with Crippen molar-refractivity contribution in [3.63, 3.8) is 0 Å². The smallest absolute Gasteiger partial charge is 0.326 e. The lowest BCUT2D eigenvalue weighted by Gasteiger charge is -2.18. The summed E-state index contributed by atoms with van der Waals surface area (Å²) in [5.41, 5.74) is 0. The Morgan fingerprint density at radius 3 is 1.65 bits per heavy atom. The molecule has 20 heavy (non-hydrogen) atoms. The summed E-state index contributed by atoms with van der Waals surface area (Å²) in [4.78, 5) is 54.3. The zero-order valence-electron chi connectivity index (χ0n) is 10.5. The van der Waals surface area contributed by atoms with Crippen molar-refractivity contribution in [2.75, 3.05) is 0 Å². The summed E-state index contributed by atoms with van der Waals surface area (Å²) in [6.07, 6.45) is -1.63. The van der Waals surface area contributed by atoms with Crippen molar-refractivity contribution in [1.82, 2.24) is 10.6 Å². The normalized spacial score (nSPS) is 12.8. The third-order valence-corrected chi connectivity index (χ3v) is 2.07. The Morgan fingerprint density at radius 2 is 1.30 bits per heavy atom. The van der Waals surface area contributed by atoms with E-state index in [-0.39, 0.29) is 0 Å². The first-order chi connectivity index (χ1) is 9.13. The van der Waals surface area contributed by atoms with Crippen LogP contribution in [-0.2, 0) is 24.0 Å². The number of carboxylic acid groups (broad SMARTS) is 3. The molecule has 0 rings (SSSR count). The highest BCUT2D eigenvalue weighted by atomic mass is 16.4. The van der Waals surface area contributed by atoms with Crippen LogP contribution in [0.25, 0.3) is 0 Å². The minimum absolute atomic E-state index is 0.684. The molecule has 0 radical (unpaired) electrons. The Kier molecular flexibility index (Phi) is 6.69. The molecule has 112 valence electrons. The SMILES string of the molecule is CC(=O)N[C@@H](CC(=O)O)C(=O)N[C@@H](CC(=O)O)C(=O)O. The number of rotatable bonds is 8. The number of carbonyl (C=O) groups excluding carboxylic acids is 2. The lowest BCUT2D eigenvalue weighted by atomic mass is 10.1. The lowest BCUT2D eigenvalue weighted by Crippen LogP contribution is -2.52. The van der Waals surface area contributed by atoms with Gasteiger partial charge in [-0.25, -0.2) is 4.79 Å². The molecule has 0 spiro atoms. The summed E-state index contributed by atoms with van der Waals surface area (Å²) >= 11 is 0. The summed E-state index contributed by atoms with van der Waals surface area (Å²) in [5.74, 6) is -6.19. The molecule has 0 bridgehead atoms. The third-order valence-electron chi connectivity index (χ3n) is 2.07. The van der Waals surface area contributed by atoms with Crippen LogP contribution in [0, 0.1) is 0 Å². The van der Waals surface area contributed by atoms with Crippen LogP contribution in [0.1, 0.15) is 19.8 Å². The summed E-state index contributed by atoms with van der Waals surface area (Å²) < 4.78 is 0. The van der Waals surface area contributed by atoms with E-state index in [2.05, 4.69) is 0 Å². The van der Waals surface area contributed by atoms with Gasteiger partial charge in [-0.3, -0.25) is 19.2 Å². The molecule has 2 amide bonds. The molecule has 2 atom stereocenters. The van der Waals surface area contributed by atoms with E-state index < -0.39 is 54.6 Å². The molecule has 0 unspecified atom stereocenters. The Hall–Kier alpha value is -2.65. The maximum atomic E-state index is 11.7. The summed E-state index contributed by atoms with van der Waals surface area (Å²) in [6, 6.07) is -3.20. The Balaban J connectivity index is 4.85. The molecule has 0 saturated carbocycles. The first-order valence-corrected chi connectivity index (χ1v) is 5.37. The van der Waals surface area contributed by atoms with E-state index in [9.17, 15) is 24.0 Å². The fraction of sp³-hybridized carbons (Fsp3) is 0.500. The molecule has 0 aliphatic rings. The van der Waals surface area contributed by atoms with Gasteiger partial charge in [-0.2, -0.15) is 0 Å². The second-order valence-electron chi connectivity index (χ2n) is 3.85. The minimum Gasteiger partial charge on any atom is -0.481 e. The van der Waals surface area contributed by atoms with Crippen LogP contribution < -0.4 is 10.6 Å². The topological polar surface area (TPSA) is 170 Å². The number of aliphatic carboxylic acids is 3. The molecular weight excluding hydrogens is 276 g/mol. The van der Waals surface area contributed by atoms with Gasteiger partial charge >= 0.3 is 17.9 Å². The quantitative estimate of drug-likeness (QED) is 0.342. The molecule has 0 fully saturated rings. The fourth-order valence-electron chi connectivity index (χ4n) is 1.28. The molecule has 10 heteroatoms. The monoisotopic (exact) mass is 290 g/mol. The van der Waals surface area contributed by atoms with E-state index in [1.807, 2.05) is 10.6 Å². The number of hydrogen-bond donors (Lipinski definition) is 5. The highest BCUT2D eigenvalue weighted by molar-refractivity contribution is 5.93. The number of carboxylic acids is 3. The van der Waals surface area contributed by atoms with Crippen molar-refractivity contribution in [2.45, 2.75) is 31.8 Å². The van der Waals surface area contributed by atoms with Gasteiger partial charge in [0.05, 0.1) is 12.8 Å². The van der Waals surface area contributed by atoms with Crippen molar-refractivity contribution in [1.29, 1.82) is 0 Å². The Bertz CT molecular complexity index is 417. The van der Waals surface area contributed by atoms with Gasteiger partial charge in [0.1, 0.15) is 12.1 Å². The van der Waals surface area contributed by atoms with Gasteiger partial charge in [-0.05, 0) is 0 Å². The predicted molar refractivity (Wildman–Crippen MR) is 61.7 cm³/mol. The fourth-order valence-corrected chi connectivity index (χ4v) is 1.28. The van der Waals surface area contributed by atoms with Crippen molar-refractivity contribution < 1.29 is 39.3 Å². The van der Waals surface area contributed by atoms with Crippen LogP contribution in [0.2, 0.25) is 0 Å². The van der Waals surface area contributed by atoms with Crippen molar-refractivity contribution in [3.05, 3.63) is 0 Å².